The number of nitrogens with zero attached hydrogens (tertiary/aromatic N) is 4. The maximum absolute atomic E-state index is 13.2. The van der Waals surface area contributed by atoms with Gasteiger partial charge < -0.3 is 9.47 Å². The quantitative estimate of drug-likeness (QED) is 0.234. The molecular weight excluding hydrogens is 505 g/mol. The molecule has 37 heavy (non-hydrogen) atoms. The molecule has 3 heterocycles. The second-order valence-corrected chi connectivity index (χ2v) is 9.31. The van der Waals surface area contributed by atoms with Crippen LogP contribution in [-0.4, -0.2) is 38.3 Å². The van der Waals surface area contributed by atoms with E-state index in [-0.39, 0.29) is 16.5 Å². The fraction of sp³-hybridized carbons (Fsp3) is 0.192. The molecule has 0 fully saturated rings. The number of benzene rings is 2. The molecule has 5 rings (SSSR count). The largest absolute Gasteiger partial charge is 0.573 e. The average molecular weight is 527 g/mol. The van der Waals surface area contributed by atoms with Gasteiger partial charge in [0.2, 0.25) is 0 Å². The molecule has 1 aliphatic rings. The molecule has 11 heteroatoms. The number of hydrogen-bond acceptors (Lipinski definition) is 7. The van der Waals surface area contributed by atoms with E-state index in [1.54, 1.807) is 12.4 Å². The molecule has 0 N–H and O–H groups in total. The molecule has 1 atom stereocenters. The first-order valence-electron chi connectivity index (χ1n) is 11.3. The standard InChI is InChI=1S/C26H21F3N4O3S/c1-35-25(34)18-9-10-21(36-26(27,28)29)22(15-18)37-33-16-19-8-5-11-30-23(19)32-13-12-31-24(32)20(33)14-17-6-3-2-4-7-17/h2-13,15,20H,14,16H2,1H3. The predicted octanol–water partition coefficient (Wildman–Crippen LogP) is 5.76. The summed E-state index contributed by atoms with van der Waals surface area (Å²) >= 11 is 1.06. The third-order valence-electron chi connectivity index (χ3n) is 5.81. The van der Waals surface area contributed by atoms with E-state index in [9.17, 15) is 18.0 Å². The Morgan fingerprint density at radius 3 is 2.65 bits per heavy atom. The lowest BCUT2D eigenvalue weighted by Crippen LogP contribution is -2.25. The van der Waals surface area contributed by atoms with Crippen LogP contribution in [0.15, 0.2) is 84.1 Å². The first-order valence-corrected chi connectivity index (χ1v) is 12.0. The number of ether oxygens (including phenoxy) is 2. The van der Waals surface area contributed by atoms with Gasteiger partial charge in [0, 0.05) is 30.7 Å². The molecule has 7 nitrogen and oxygen atoms in total. The highest BCUT2D eigenvalue weighted by Crippen LogP contribution is 2.43. The van der Waals surface area contributed by atoms with Crippen molar-refractivity contribution in [3.8, 4) is 11.6 Å². The number of fused-ring (bicyclic) bond motifs is 3. The Labute approximate surface area is 215 Å². The van der Waals surface area contributed by atoms with E-state index in [0.29, 0.717) is 24.6 Å². The van der Waals surface area contributed by atoms with Crippen LogP contribution in [0.4, 0.5) is 13.2 Å². The molecule has 2 aromatic carbocycles. The van der Waals surface area contributed by atoms with Gasteiger partial charge in [-0.3, -0.25) is 4.57 Å². The first kappa shape index (κ1) is 24.8. The third kappa shape index (κ3) is 5.47. The van der Waals surface area contributed by atoms with Gasteiger partial charge in [0.25, 0.3) is 0 Å². The number of rotatable bonds is 6. The molecule has 0 saturated carbocycles. The summed E-state index contributed by atoms with van der Waals surface area (Å²) in [7, 11) is 1.21. The molecule has 4 aromatic rings. The normalized spacial score (nSPS) is 15.4. The molecule has 0 amide bonds. The number of carbonyl (C=O) groups is 1. The van der Waals surface area contributed by atoms with Crippen LogP contribution in [0.5, 0.6) is 5.75 Å². The van der Waals surface area contributed by atoms with Gasteiger partial charge in [0.15, 0.2) is 0 Å². The molecule has 0 spiro atoms. The molecule has 190 valence electrons. The van der Waals surface area contributed by atoms with E-state index in [4.69, 9.17) is 4.74 Å². The SMILES string of the molecule is COC(=O)c1ccc(OC(F)(F)F)c(SN2Cc3cccnc3-n3ccnc3C2Cc2ccccc2)c1. The summed E-state index contributed by atoms with van der Waals surface area (Å²) in [6.07, 6.45) is 0.814. The maximum atomic E-state index is 13.2. The monoisotopic (exact) mass is 526 g/mol. The van der Waals surface area contributed by atoms with E-state index in [0.717, 1.165) is 29.1 Å². The zero-order valence-electron chi connectivity index (χ0n) is 19.6. The Kier molecular flexibility index (Phi) is 6.90. The number of methoxy groups -OCH3 is 1. The van der Waals surface area contributed by atoms with Crippen LogP contribution in [0.3, 0.4) is 0 Å². The number of carbonyl (C=O) groups excluding carboxylic acids is 1. The molecule has 0 aliphatic carbocycles. The van der Waals surface area contributed by atoms with Gasteiger partial charge >= 0.3 is 12.3 Å². The fourth-order valence-electron chi connectivity index (χ4n) is 4.20. The van der Waals surface area contributed by atoms with Crippen LogP contribution in [-0.2, 0) is 17.7 Å². The number of alkyl halides is 3. The number of hydrogen-bond donors (Lipinski definition) is 0. The Bertz CT molecular complexity index is 1410. The minimum atomic E-state index is -4.91. The highest BCUT2D eigenvalue weighted by Gasteiger charge is 2.35. The van der Waals surface area contributed by atoms with Crippen molar-refractivity contribution >= 4 is 17.9 Å². The van der Waals surface area contributed by atoms with Gasteiger partial charge in [-0.25, -0.2) is 19.1 Å². The minimum absolute atomic E-state index is 0.109. The van der Waals surface area contributed by atoms with E-state index in [1.165, 1.54) is 19.2 Å². The minimum Gasteiger partial charge on any atom is -0.465 e. The molecule has 0 radical (unpaired) electrons. The van der Waals surface area contributed by atoms with Crippen LogP contribution >= 0.6 is 11.9 Å². The lowest BCUT2D eigenvalue weighted by Gasteiger charge is -2.29. The molecular formula is C26H21F3N4O3S. The lowest BCUT2D eigenvalue weighted by molar-refractivity contribution is -0.275. The van der Waals surface area contributed by atoms with Gasteiger partial charge in [-0.1, -0.05) is 36.4 Å². The summed E-state index contributed by atoms with van der Waals surface area (Å²) in [6, 6.07) is 16.9. The number of aromatic nitrogens is 3. The molecule has 0 saturated heterocycles. The van der Waals surface area contributed by atoms with Gasteiger partial charge in [0.05, 0.1) is 23.6 Å². The smallest absolute Gasteiger partial charge is 0.465 e. The summed E-state index contributed by atoms with van der Waals surface area (Å²) in [5.74, 6) is 0.312. The Morgan fingerprint density at radius 2 is 1.89 bits per heavy atom. The number of halogens is 3. The van der Waals surface area contributed by atoms with Crippen molar-refractivity contribution in [3.63, 3.8) is 0 Å². The first-order chi connectivity index (χ1) is 17.8. The van der Waals surface area contributed by atoms with Crippen LogP contribution < -0.4 is 4.74 Å². The maximum Gasteiger partial charge on any atom is 0.573 e. The summed E-state index contributed by atoms with van der Waals surface area (Å²) in [6.45, 7) is 0.350. The van der Waals surface area contributed by atoms with Crippen molar-refractivity contribution in [2.45, 2.75) is 30.3 Å². The number of esters is 1. The van der Waals surface area contributed by atoms with E-state index >= 15 is 0 Å². The zero-order chi connectivity index (χ0) is 26.0. The molecule has 2 aromatic heterocycles. The molecule has 1 aliphatic heterocycles. The van der Waals surface area contributed by atoms with Crippen molar-refractivity contribution in [2.24, 2.45) is 0 Å². The summed E-state index contributed by atoms with van der Waals surface area (Å²) < 4.78 is 52.7. The number of pyridine rings is 1. The van der Waals surface area contributed by atoms with Crippen LogP contribution in [0, 0.1) is 0 Å². The predicted molar refractivity (Wildman–Crippen MR) is 130 cm³/mol. The van der Waals surface area contributed by atoms with Gasteiger partial charge in [-0.15, -0.1) is 13.2 Å². The van der Waals surface area contributed by atoms with E-state index in [1.807, 2.05) is 57.5 Å². The van der Waals surface area contributed by atoms with E-state index in [2.05, 4.69) is 14.7 Å². The topological polar surface area (TPSA) is 69.5 Å². The Hall–Kier alpha value is -3.83. The van der Waals surface area contributed by atoms with Crippen molar-refractivity contribution in [2.75, 3.05) is 7.11 Å². The Morgan fingerprint density at radius 1 is 1.08 bits per heavy atom. The summed E-state index contributed by atoms with van der Waals surface area (Å²) in [4.78, 5) is 21.4. The summed E-state index contributed by atoms with van der Waals surface area (Å²) in [5.41, 5.74) is 2.01. The van der Waals surface area contributed by atoms with Crippen molar-refractivity contribution in [1.29, 1.82) is 0 Å². The van der Waals surface area contributed by atoms with E-state index < -0.39 is 18.1 Å². The third-order valence-corrected chi connectivity index (χ3v) is 6.95. The van der Waals surface area contributed by atoms with Crippen LogP contribution in [0.2, 0.25) is 0 Å². The van der Waals surface area contributed by atoms with Crippen molar-refractivity contribution < 1.29 is 27.4 Å². The second-order valence-electron chi connectivity index (χ2n) is 8.21. The lowest BCUT2D eigenvalue weighted by atomic mass is 10.1. The van der Waals surface area contributed by atoms with Gasteiger partial charge in [-0.05, 0) is 48.2 Å². The van der Waals surface area contributed by atoms with Gasteiger partial charge in [0.1, 0.15) is 17.4 Å². The fourth-order valence-corrected chi connectivity index (χ4v) is 5.34. The number of imidazole rings is 1. The van der Waals surface area contributed by atoms with Gasteiger partial charge in [-0.2, -0.15) is 0 Å². The molecule has 1 unspecified atom stereocenters. The van der Waals surface area contributed by atoms with Crippen molar-refractivity contribution in [1.82, 2.24) is 18.8 Å². The Balaban J connectivity index is 1.61. The summed E-state index contributed by atoms with van der Waals surface area (Å²) in [5, 5.41) is 0. The molecule has 0 bridgehead atoms. The zero-order valence-corrected chi connectivity index (χ0v) is 20.4. The van der Waals surface area contributed by atoms with Crippen LogP contribution in [0.25, 0.3) is 5.82 Å². The second kappa shape index (κ2) is 10.3. The average Bonchev–Trinajstić information content (AvgIpc) is 3.33. The van der Waals surface area contributed by atoms with Crippen molar-refractivity contribution in [3.05, 3.63) is 102 Å². The highest BCUT2D eigenvalue weighted by molar-refractivity contribution is 7.97. The van der Waals surface area contributed by atoms with Crippen LogP contribution in [0.1, 0.15) is 33.4 Å². The highest BCUT2D eigenvalue weighted by atomic mass is 32.2.